The van der Waals surface area contributed by atoms with Gasteiger partial charge < -0.3 is 4.74 Å². The lowest BCUT2D eigenvalue weighted by Crippen LogP contribution is -2.25. The number of aromatic nitrogens is 2. The van der Waals surface area contributed by atoms with Crippen molar-refractivity contribution in [3.8, 4) is 0 Å². The van der Waals surface area contributed by atoms with E-state index in [2.05, 4.69) is 5.10 Å². The van der Waals surface area contributed by atoms with Gasteiger partial charge in [0.05, 0.1) is 5.69 Å². The van der Waals surface area contributed by atoms with Crippen molar-refractivity contribution in [1.29, 1.82) is 0 Å². The molecule has 2 rings (SSSR count). The van der Waals surface area contributed by atoms with Crippen LogP contribution in [0.3, 0.4) is 0 Å². The summed E-state index contributed by atoms with van der Waals surface area (Å²) in [5.41, 5.74) is 0.972. The largest absolute Gasteiger partial charge is 0.450 e. The Labute approximate surface area is 108 Å². The fourth-order valence-electron chi connectivity index (χ4n) is 2.28. The summed E-state index contributed by atoms with van der Waals surface area (Å²) < 4.78 is 43.6. The zero-order valence-electron chi connectivity index (χ0n) is 10.5. The molecule has 0 atom stereocenters. The van der Waals surface area contributed by atoms with Crippen LogP contribution in [0.4, 0.5) is 13.2 Å². The van der Waals surface area contributed by atoms with Crippen molar-refractivity contribution in [2.24, 2.45) is 7.05 Å². The van der Waals surface area contributed by atoms with Crippen LogP contribution >= 0.6 is 0 Å². The van der Waals surface area contributed by atoms with E-state index in [0.29, 0.717) is 24.5 Å². The van der Waals surface area contributed by atoms with Gasteiger partial charge in [0.15, 0.2) is 0 Å². The summed E-state index contributed by atoms with van der Waals surface area (Å²) in [5, 5.41) is 4.21. The van der Waals surface area contributed by atoms with Crippen molar-refractivity contribution in [2.75, 3.05) is 13.2 Å². The molecule has 1 aliphatic heterocycles. The zero-order chi connectivity index (χ0) is 14.0. The molecule has 0 aromatic carbocycles. The van der Waals surface area contributed by atoms with Gasteiger partial charge in [-0.2, -0.15) is 18.3 Å². The Bertz CT molecular complexity index is 462. The second kappa shape index (κ2) is 5.32. The average Bonchev–Trinajstić information content (AvgIpc) is 2.70. The van der Waals surface area contributed by atoms with Gasteiger partial charge in [0.2, 0.25) is 5.78 Å². The molecule has 1 aromatic rings. The molecule has 2 heterocycles. The highest BCUT2D eigenvalue weighted by atomic mass is 19.4. The smallest absolute Gasteiger partial charge is 0.381 e. The van der Waals surface area contributed by atoms with Gasteiger partial charge in [0.25, 0.3) is 0 Å². The lowest BCUT2D eigenvalue weighted by Gasteiger charge is -2.21. The summed E-state index contributed by atoms with van der Waals surface area (Å²) in [5.74, 6) is -1.65. The molecule has 1 saturated heterocycles. The number of Topliss-reactive ketones (excluding diaryl/α,β-unsaturated/α-hetero) is 1. The normalized spacial score (nSPS) is 17.7. The molecule has 1 aliphatic rings. The molecule has 0 N–H and O–H groups in total. The Kier molecular flexibility index (Phi) is 3.93. The third-order valence-electron chi connectivity index (χ3n) is 3.21. The minimum absolute atomic E-state index is 0.0750. The number of carbonyl (C=O) groups is 1. The standard InChI is InChI=1S/C12H15F3N2O2/c1-17-7-9(6-10(18)12(13,14)15)11(16-17)8-2-4-19-5-3-8/h7-8H,2-6H2,1H3. The molecule has 0 unspecified atom stereocenters. The second-order valence-corrected chi connectivity index (χ2v) is 4.70. The molecule has 4 nitrogen and oxygen atoms in total. The van der Waals surface area contributed by atoms with Crippen LogP contribution in [0, 0.1) is 0 Å². The lowest BCUT2D eigenvalue weighted by molar-refractivity contribution is -0.170. The van der Waals surface area contributed by atoms with Crippen molar-refractivity contribution in [2.45, 2.75) is 31.4 Å². The predicted octanol–water partition coefficient (Wildman–Crippen LogP) is 1.99. The molecule has 106 valence electrons. The van der Waals surface area contributed by atoms with Gasteiger partial charge in [-0.3, -0.25) is 9.48 Å². The van der Waals surface area contributed by atoms with E-state index in [0.717, 1.165) is 12.8 Å². The minimum Gasteiger partial charge on any atom is -0.381 e. The van der Waals surface area contributed by atoms with Gasteiger partial charge in [0.1, 0.15) is 0 Å². The number of alkyl halides is 3. The van der Waals surface area contributed by atoms with Gasteiger partial charge in [-0.15, -0.1) is 0 Å². The number of nitrogens with zero attached hydrogens (tertiary/aromatic N) is 2. The van der Waals surface area contributed by atoms with Crippen LogP contribution in [0.1, 0.15) is 30.0 Å². The fourth-order valence-corrected chi connectivity index (χ4v) is 2.28. The van der Waals surface area contributed by atoms with E-state index in [-0.39, 0.29) is 5.92 Å². The number of ketones is 1. The molecule has 7 heteroatoms. The first-order valence-electron chi connectivity index (χ1n) is 6.08. The predicted molar refractivity (Wildman–Crippen MR) is 60.8 cm³/mol. The van der Waals surface area contributed by atoms with Gasteiger partial charge >= 0.3 is 6.18 Å². The van der Waals surface area contributed by atoms with E-state index in [1.165, 1.54) is 10.9 Å². The molecule has 0 saturated carbocycles. The number of halogens is 3. The maximum absolute atomic E-state index is 12.3. The Morgan fingerprint density at radius 1 is 1.47 bits per heavy atom. The third kappa shape index (κ3) is 3.34. The first-order chi connectivity index (χ1) is 8.88. The highest BCUT2D eigenvalue weighted by Crippen LogP contribution is 2.29. The van der Waals surface area contributed by atoms with E-state index in [1.807, 2.05) is 0 Å². The van der Waals surface area contributed by atoms with Crippen molar-refractivity contribution >= 4 is 5.78 Å². The maximum atomic E-state index is 12.3. The molecule has 1 aromatic heterocycles. The van der Waals surface area contributed by atoms with Crippen LogP contribution in [0.25, 0.3) is 0 Å². The Hall–Kier alpha value is -1.37. The number of ether oxygens (including phenoxy) is 1. The summed E-state index contributed by atoms with van der Waals surface area (Å²) in [4.78, 5) is 11.1. The highest BCUT2D eigenvalue weighted by Gasteiger charge is 2.38. The van der Waals surface area contributed by atoms with Crippen LogP contribution < -0.4 is 0 Å². The van der Waals surface area contributed by atoms with Gasteiger partial charge in [-0.25, -0.2) is 0 Å². The van der Waals surface area contributed by atoms with Crippen LogP contribution in [0.5, 0.6) is 0 Å². The van der Waals surface area contributed by atoms with Crippen molar-refractivity contribution in [3.05, 3.63) is 17.5 Å². The molecule has 0 spiro atoms. The average molecular weight is 276 g/mol. The summed E-state index contributed by atoms with van der Waals surface area (Å²) >= 11 is 0. The second-order valence-electron chi connectivity index (χ2n) is 4.70. The van der Waals surface area contributed by atoms with Crippen LogP contribution in [-0.2, 0) is 23.0 Å². The summed E-state index contributed by atoms with van der Waals surface area (Å²) in [6, 6.07) is 0. The summed E-state index contributed by atoms with van der Waals surface area (Å²) in [6.45, 7) is 1.15. The SMILES string of the molecule is Cn1cc(CC(=O)C(F)(F)F)c(C2CCOCC2)n1. The number of hydrogen-bond donors (Lipinski definition) is 0. The first kappa shape index (κ1) is 14.0. The number of hydrogen-bond acceptors (Lipinski definition) is 3. The van der Waals surface area contributed by atoms with E-state index >= 15 is 0 Å². The van der Waals surface area contributed by atoms with Gasteiger partial charge in [0, 0.05) is 44.4 Å². The van der Waals surface area contributed by atoms with Gasteiger partial charge in [-0.05, 0) is 12.8 Å². The number of aryl methyl sites for hydroxylation is 1. The van der Waals surface area contributed by atoms with Crippen LogP contribution in [0.2, 0.25) is 0 Å². The monoisotopic (exact) mass is 276 g/mol. The molecule has 19 heavy (non-hydrogen) atoms. The van der Waals surface area contributed by atoms with Crippen LogP contribution in [0.15, 0.2) is 6.20 Å². The van der Waals surface area contributed by atoms with Crippen molar-refractivity contribution < 1.29 is 22.7 Å². The van der Waals surface area contributed by atoms with Crippen molar-refractivity contribution in [3.63, 3.8) is 0 Å². The molecule has 0 amide bonds. The quantitative estimate of drug-likeness (QED) is 0.848. The Balaban J connectivity index is 2.18. The van der Waals surface area contributed by atoms with E-state index < -0.39 is 18.4 Å². The Morgan fingerprint density at radius 3 is 2.68 bits per heavy atom. The van der Waals surface area contributed by atoms with E-state index in [4.69, 9.17) is 4.74 Å². The highest BCUT2D eigenvalue weighted by molar-refractivity contribution is 5.86. The van der Waals surface area contributed by atoms with Crippen molar-refractivity contribution in [1.82, 2.24) is 9.78 Å². The third-order valence-corrected chi connectivity index (χ3v) is 3.21. The minimum atomic E-state index is -4.79. The molecule has 1 fully saturated rings. The maximum Gasteiger partial charge on any atom is 0.450 e. The number of carbonyl (C=O) groups excluding carboxylic acids is 1. The summed E-state index contributed by atoms with van der Waals surface area (Å²) in [6.07, 6.45) is -2.48. The molecule has 0 aliphatic carbocycles. The van der Waals surface area contributed by atoms with Crippen LogP contribution in [-0.4, -0.2) is 35.0 Å². The molecule has 0 bridgehead atoms. The van der Waals surface area contributed by atoms with E-state index in [1.54, 1.807) is 7.05 Å². The van der Waals surface area contributed by atoms with Gasteiger partial charge in [-0.1, -0.05) is 0 Å². The lowest BCUT2D eigenvalue weighted by atomic mass is 9.92. The fraction of sp³-hybridized carbons (Fsp3) is 0.667. The summed E-state index contributed by atoms with van der Waals surface area (Å²) in [7, 11) is 1.64. The first-order valence-corrected chi connectivity index (χ1v) is 6.08. The zero-order valence-corrected chi connectivity index (χ0v) is 10.5. The Morgan fingerprint density at radius 2 is 2.11 bits per heavy atom. The topological polar surface area (TPSA) is 44.1 Å². The molecule has 0 radical (unpaired) electrons. The molecular formula is C12H15F3N2O2. The van der Waals surface area contributed by atoms with E-state index in [9.17, 15) is 18.0 Å². The molecular weight excluding hydrogens is 261 g/mol. The number of rotatable bonds is 3.